The molecule has 24 heavy (non-hydrogen) atoms. The van der Waals surface area contributed by atoms with Gasteiger partial charge in [-0.25, -0.2) is 0 Å². The average Bonchev–Trinajstić information content (AvgIpc) is 2.87. The molecule has 0 aromatic heterocycles. The molecule has 2 amide bonds. The Morgan fingerprint density at radius 3 is 2.54 bits per heavy atom. The summed E-state index contributed by atoms with van der Waals surface area (Å²) in [6, 6.07) is 16.8. The lowest BCUT2D eigenvalue weighted by molar-refractivity contribution is -0.122. The fourth-order valence-corrected chi connectivity index (χ4v) is 3.13. The molecule has 1 fully saturated rings. The van der Waals surface area contributed by atoms with E-state index in [-0.39, 0.29) is 17.8 Å². The van der Waals surface area contributed by atoms with E-state index in [4.69, 9.17) is 4.74 Å². The second-order valence-corrected chi connectivity index (χ2v) is 6.05. The first-order valence-electron chi connectivity index (χ1n) is 7.36. The van der Waals surface area contributed by atoms with Gasteiger partial charge >= 0.3 is 0 Å². The maximum absolute atomic E-state index is 12.4. The smallest absolute Gasteiger partial charge is 0.295 e. The molecule has 2 aromatic carbocycles. The summed E-state index contributed by atoms with van der Waals surface area (Å²) in [7, 11) is 1.57. The summed E-state index contributed by atoms with van der Waals surface area (Å²) in [4.78, 5) is 26.2. The van der Waals surface area contributed by atoms with E-state index in [1.165, 1.54) is 4.90 Å². The van der Waals surface area contributed by atoms with Crippen LogP contribution in [0.15, 0.2) is 59.5 Å². The Balaban J connectivity index is 1.72. The van der Waals surface area contributed by atoms with Crippen molar-refractivity contribution in [2.75, 3.05) is 19.1 Å². The zero-order valence-electron chi connectivity index (χ0n) is 13.1. The largest absolute Gasteiger partial charge is 0.495 e. The minimum Gasteiger partial charge on any atom is -0.495 e. The van der Waals surface area contributed by atoms with Gasteiger partial charge in [0, 0.05) is 0 Å². The van der Waals surface area contributed by atoms with Gasteiger partial charge in [-0.15, -0.1) is 0 Å². The second-order valence-electron chi connectivity index (χ2n) is 5.06. The van der Waals surface area contributed by atoms with Crippen molar-refractivity contribution >= 4 is 34.7 Å². The minimum atomic E-state index is -0.295. The highest BCUT2D eigenvalue weighted by Crippen LogP contribution is 2.32. The van der Waals surface area contributed by atoms with Crippen molar-refractivity contribution in [3.8, 4) is 5.75 Å². The number of nitrogens with zero attached hydrogens (tertiary/aromatic N) is 1. The first-order chi connectivity index (χ1) is 11.7. The number of para-hydroxylation sites is 2. The van der Waals surface area contributed by atoms with Crippen LogP contribution in [0.3, 0.4) is 0 Å². The van der Waals surface area contributed by atoms with Gasteiger partial charge in [-0.05, 0) is 35.5 Å². The monoisotopic (exact) mass is 340 g/mol. The quantitative estimate of drug-likeness (QED) is 0.839. The third kappa shape index (κ3) is 3.44. The third-order valence-corrected chi connectivity index (χ3v) is 4.41. The Morgan fingerprint density at radius 1 is 1.08 bits per heavy atom. The maximum Gasteiger partial charge on any atom is 0.295 e. The molecule has 0 radical (unpaired) electrons. The van der Waals surface area contributed by atoms with Gasteiger partial charge in [-0.2, -0.15) is 0 Å². The molecule has 0 spiro atoms. The number of methoxy groups -OCH3 is 1. The van der Waals surface area contributed by atoms with Crippen molar-refractivity contribution in [1.29, 1.82) is 0 Å². The summed E-state index contributed by atoms with van der Waals surface area (Å²) in [5.41, 5.74) is 1.62. The van der Waals surface area contributed by atoms with Gasteiger partial charge in [0.2, 0.25) is 0 Å². The van der Waals surface area contributed by atoms with E-state index in [2.05, 4.69) is 5.32 Å². The Hall–Kier alpha value is -2.73. The van der Waals surface area contributed by atoms with Gasteiger partial charge in [0.25, 0.3) is 11.1 Å². The molecule has 1 aliphatic rings. The zero-order valence-corrected chi connectivity index (χ0v) is 13.9. The van der Waals surface area contributed by atoms with Crippen LogP contribution in [0.4, 0.5) is 10.5 Å². The highest BCUT2D eigenvalue weighted by atomic mass is 32.2. The van der Waals surface area contributed by atoms with Gasteiger partial charge < -0.3 is 10.1 Å². The molecule has 6 heteroatoms. The Kier molecular flexibility index (Phi) is 4.86. The number of amides is 2. The fourth-order valence-electron chi connectivity index (χ4n) is 2.29. The summed E-state index contributed by atoms with van der Waals surface area (Å²) in [6.07, 6.45) is 1.73. The standard InChI is InChI=1S/C18H16N2O3S/c1-23-15-10-6-5-9-14(15)19-12-20-17(21)16(24-18(20)22)11-13-7-3-2-4-8-13/h2-11,19H,12H2,1H3. The number of hydrogen-bond acceptors (Lipinski definition) is 5. The Labute approximate surface area is 144 Å². The number of rotatable bonds is 5. The van der Waals surface area contributed by atoms with Crippen LogP contribution in [-0.2, 0) is 4.79 Å². The van der Waals surface area contributed by atoms with Crippen LogP contribution >= 0.6 is 11.8 Å². The number of hydrogen-bond donors (Lipinski definition) is 1. The molecule has 1 saturated heterocycles. The molecule has 0 atom stereocenters. The number of anilines is 1. The third-order valence-electron chi connectivity index (χ3n) is 3.51. The Morgan fingerprint density at radius 2 is 1.79 bits per heavy atom. The van der Waals surface area contributed by atoms with Crippen molar-refractivity contribution in [2.45, 2.75) is 0 Å². The lowest BCUT2D eigenvalue weighted by atomic mass is 10.2. The van der Waals surface area contributed by atoms with Gasteiger partial charge in [0.1, 0.15) is 5.75 Å². The van der Waals surface area contributed by atoms with E-state index in [1.807, 2.05) is 54.6 Å². The predicted molar refractivity (Wildman–Crippen MR) is 95.7 cm³/mol. The van der Waals surface area contributed by atoms with Gasteiger partial charge in [0.05, 0.1) is 24.4 Å². The minimum absolute atomic E-state index is 0.0944. The van der Waals surface area contributed by atoms with E-state index >= 15 is 0 Å². The maximum atomic E-state index is 12.4. The van der Waals surface area contributed by atoms with E-state index in [0.29, 0.717) is 10.7 Å². The van der Waals surface area contributed by atoms with E-state index < -0.39 is 0 Å². The number of ether oxygens (including phenoxy) is 1. The van der Waals surface area contributed by atoms with Crippen LogP contribution in [-0.4, -0.2) is 29.8 Å². The molecule has 0 unspecified atom stereocenters. The number of benzene rings is 2. The number of carbonyl (C=O) groups is 2. The normalized spacial score (nSPS) is 15.9. The molecule has 0 aliphatic carbocycles. The number of carbonyl (C=O) groups excluding carboxylic acids is 2. The molecular formula is C18H16N2O3S. The molecule has 1 aliphatic heterocycles. The number of nitrogens with one attached hydrogen (secondary N) is 1. The first kappa shape index (κ1) is 16.1. The molecule has 0 saturated carbocycles. The first-order valence-corrected chi connectivity index (χ1v) is 8.18. The van der Waals surface area contributed by atoms with Gasteiger partial charge in [0.15, 0.2) is 0 Å². The van der Waals surface area contributed by atoms with E-state index in [9.17, 15) is 9.59 Å². The van der Waals surface area contributed by atoms with Crippen molar-refractivity contribution in [3.63, 3.8) is 0 Å². The van der Waals surface area contributed by atoms with Gasteiger partial charge in [-0.1, -0.05) is 42.5 Å². The SMILES string of the molecule is COc1ccccc1NCN1C(=O)SC(=Cc2ccccc2)C1=O. The average molecular weight is 340 g/mol. The van der Waals surface area contributed by atoms with Crippen molar-refractivity contribution < 1.29 is 14.3 Å². The highest BCUT2D eigenvalue weighted by Gasteiger charge is 2.34. The lowest BCUT2D eigenvalue weighted by Crippen LogP contribution is -2.33. The molecule has 1 heterocycles. The number of imide groups is 1. The fraction of sp³-hybridized carbons (Fsp3) is 0.111. The summed E-state index contributed by atoms with van der Waals surface area (Å²) in [5.74, 6) is 0.362. The van der Waals surface area contributed by atoms with Crippen LogP contribution in [0, 0.1) is 0 Å². The van der Waals surface area contributed by atoms with Crippen molar-refractivity contribution in [1.82, 2.24) is 4.90 Å². The van der Waals surface area contributed by atoms with Crippen LogP contribution in [0.25, 0.3) is 6.08 Å². The molecule has 0 bridgehead atoms. The van der Waals surface area contributed by atoms with Crippen molar-refractivity contribution in [2.24, 2.45) is 0 Å². The summed E-state index contributed by atoms with van der Waals surface area (Å²) in [5, 5.41) is 2.78. The van der Waals surface area contributed by atoms with E-state index in [0.717, 1.165) is 23.0 Å². The van der Waals surface area contributed by atoms with Gasteiger partial charge in [-0.3, -0.25) is 14.5 Å². The number of thioether (sulfide) groups is 1. The lowest BCUT2D eigenvalue weighted by Gasteiger charge is -2.16. The highest BCUT2D eigenvalue weighted by molar-refractivity contribution is 8.18. The van der Waals surface area contributed by atoms with Crippen LogP contribution in [0.1, 0.15) is 5.56 Å². The molecular weight excluding hydrogens is 324 g/mol. The zero-order chi connectivity index (χ0) is 16.9. The summed E-state index contributed by atoms with van der Waals surface area (Å²) in [6.45, 7) is 0.0944. The molecule has 3 rings (SSSR count). The summed E-state index contributed by atoms with van der Waals surface area (Å²) < 4.78 is 5.25. The van der Waals surface area contributed by atoms with E-state index in [1.54, 1.807) is 13.2 Å². The topological polar surface area (TPSA) is 58.6 Å². The molecule has 2 aromatic rings. The van der Waals surface area contributed by atoms with Crippen molar-refractivity contribution in [3.05, 3.63) is 65.1 Å². The molecule has 5 nitrogen and oxygen atoms in total. The predicted octanol–water partition coefficient (Wildman–Crippen LogP) is 3.80. The van der Waals surface area contributed by atoms with Crippen LogP contribution in [0.2, 0.25) is 0 Å². The molecule has 1 N–H and O–H groups in total. The Bertz CT molecular complexity index is 790. The molecule has 122 valence electrons. The van der Waals surface area contributed by atoms with Crippen LogP contribution < -0.4 is 10.1 Å². The summed E-state index contributed by atoms with van der Waals surface area (Å²) >= 11 is 0.949. The second kappa shape index (κ2) is 7.23. The van der Waals surface area contributed by atoms with Crippen LogP contribution in [0.5, 0.6) is 5.75 Å².